The van der Waals surface area contributed by atoms with Crippen LogP contribution in [0.1, 0.15) is 11.8 Å². The molecule has 0 saturated carbocycles. The van der Waals surface area contributed by atoms with E-state index in [2.05, 4.69) is 20.3 Å². The van der Waals surface area contributed by atoms with Crippen LogP contribution in [0.5, 0.6) is 11.5 Å². The summed E-state index contributed by atoms with van der Waals surface area (Å²) in [5.74, 6) is 2.90. The number of hydrogen-bond donors (Lipinski definition) is 0. The van der Waals surface area contributed by atoms with Crippen molar-refractivity contribution in [2.45, 2.75) is 6.42 Å². The number of halogens is 1. The van der Waals surface area contributed by atoms with E-state index in [0.29, 0.717) is 40.0 Å². The Morgan fingerprint density at radius 1 is 0.926 bits per heavy atom. The minimum atomic E-state index is 0.211. The van der Waals surface area contributed by atoms with Crippen molar-refractivity contribution >= 4 is 11.6 Å². The van der Waals surface area contributed by atoms with Gasteiger partial charge in [0.15, 0.2) is 11.5 Å². The summed E-state index contributed by atoms with van der Waals surface area (Å²) < 4.78 is 21.6. The van der Waals surface area contributed by atoms with Crippen LogP contribution < -0.4 is 9.47 Å². The van der Waals surface area contributed by atoms with Gasteiger partial charge in [-0.2, -0.15) is 4.98 Å². The Bertz CT molecular complexity index is 1120. The molecule has 134 valence electrons. The molecule has 4 aromatic rings. The van der Waals surface area contributed by atoms with Crippen LogP contribution in [0.3, 0.4) is 0 Å². The first-order valence-electron chi connectivity index (χ1n) is 8.05. The Morgan fingerprint density at radius 3 is 2.78 bits per heavy atom. The van der Waals surface area contributed by atoms with Gasteiger partial charge in [0, 0.05) is 16.1 Å². The third-order valence-electron chi connectivity index (χ3n) is 3.94. The number of rotatable bonds is 4. The maximum Gasteiger partial charge on any atom is 0.247 e. The van der Waals surface area contributed by atoms with Gasteiger partial charge in [-0.3, -0.25) is 0 Å². The van der Waals surface area contributed by atoms with Gasteiger partial charge in [-0.25, -0.2) is 0 Å². The van der Waals surface area contributed by atoms with Gasteiger partial charge in [0.2, 0.25) is 30.3 Å². The van der Waals surface area contributed by atoms with Crippen molar-refractivity contribution in [1.29, 1.82) is 0 Å². The van der Waals surface area contributed by atoms with Gasteiger partial charge >= 0.3 is 0 Å². The summed E-state index contributed by atoms with van der Waals surface area (Å²) in [4.78, 5) is 4.37. The SMILES string of the molecule is Clc1cccc(-c2nnc(Cc3nc(-c4ccc5c(c4)OCO5)no3)o2)c1. The van der Waals surface area contributed by atoms with E-state index < -0.39 is 0 Å². The summed E-state index contributed by atoms with van der Waals surface area (Å²) in [7, 11) is 0. The Balaban J connectivity index is 1.35. The fraction of sp³-hybridized carbons (Fsp3) is 0.111. The maximum atomic E-state index is 5.99. The minimum absolute atomic E-state index is 0.211. The summed E-state index contributed by atoms with van der Waals surface area (Å²) in [5.41, 5.74) is 1.51. The quantitative estimate of drug-likeness (QED) is 0.526. The van der Waals surface area contributed by atoms with Crippen molar-refractivity contribution in [3.63, 3.8) is 0 Å². The molecule has 0 fully saturated rings. The zero-order chi connectivity index (χ0) is 18.2. The van der Waals surface area contributed by atoms with Crippen LogP contribution in [0.2, 0.25) is 5.02 Å². The van der Waals surface area contributed by atoms with Crippen molar-refractivity contribution in [3.8, 4) is 34.3 Å². The lowest BCUT2D eigenvalue weighted by Crippen LogP contribution is -1.92. The summed E-state index contributed by atoms with van der Waals surface area (Å²) in [6.45, 7) is 0.211. The smallest absolute Gasteiger partial charge is 0.247 e. The molecule has 2 aromatic heterocycles. The molecule has 0 unspecified atom stereocenters. The number of ether oxygens (including phenoxy) is 2. The molecule has 0 radical (unpaired) electrons. The average Bonchev–Trinajstić information content (AvgIpc) is 3.42. The Morgan fingerprint density at radius 2 is 1.85 bits per heavy atom. The molecule has 9 heteroatoms. The van der Waals surface area contributed by atoms with E-state index in [1.165, 1.54) is 0 Å². The second kappa shape index (κ2) is 6.40. The average molecular weight is 383 g/mol. The first-order chi connectivity index (χ1) is 13.2. The van der Waals surface area contributed by atoms with Crippen LogP contribution in [0.15, 0.2) is 51.4 Å². The van der Waals surface area contributed by atoms with E-state index in [-0.39, 0.29) is 13.2 Å². The summed E-state index contributed by atoms with van der Waals surface area (Å²) in [6, 6.07) is 12.6. The van der Waals surface area contributed by atoms with Gasteiger partial charge in [-0.1, -0.05) is 22.8 Å². The third kappa shape index (κ3) is 3.11. The molecule has 0 atom stereocenters. The first kappa shape index (κ1) is 15.8. The van der Waals surface area contributed by atoms with Crippen molar-refractivity contribution in [2.75, 3.05) is 6.79 Å². The van der Waals surface area contributed by atoms with E-state index in [9.17, 15) is 0 Å². The molecule has 2 aromatic carbocycles. The highest BCUT2D eigenvalue weighted by Crippen LogP contribution is 2.35. The van der Waals surface area contributed by atoms with Crippen LogP contribution in [0, 0.1) is 0 Å². The molecule has 0 spiro atoms. The number of hydrogen-bond acceptors (Lipinski definition) is 8. The molecule has 5 rings (SSSR count). The lowest BCUT2D eigenvalue weighted by molar-refractivity contribution is 0.174. The fourth-order valence-electron chi connectivity index (χ4n) is 2.67. The number of fused-ring (bicyclic) bond motifs is 1. The second-order valence-corrected chi connectivity index (χ2v) is 6.20. The topological polar surface area (TPSA) is 96.3 Å². The van der Waals surface area contributed by atoms with E-state index in [1.54, 1.807) is 18.2 Å². The zero-order valence-electron chi connectivity index (χ0n) is 13.8. The van der Waals surface area contributed by atoms with Crippen molar-refractivity contribution in [2.24, 2.45) is 0 Å². The molecule has 0 amide bonds. The second-order valence-electron chi connectivity index (χ2n) is 5.77. The molecule has 0 aliphatic carbocycles. The van der Waals surface area contributed by atoms with Crippen LogP contribution in [-0.4, -0.2) is 27.1 Å². The molecule has 8 nitrogen and oxygen atoms in total. The van der Waals surface area contributed by atoms with Gasteiger partial charge in [0.25, 0.3) is 0 Å². The van der Waals surface area contributed by atoms with Gasteiger partial charge in [-0.15, -0.1) is 10.2 Å². The monoisotopic (exact) mass is 382 g/mol. The molecule has 0 N–H and O–H groups in total. The lowest BCUT2D eigenvalue weighted by Gasteiger charge is -1.97. The molecule has 0 bridgehead atoms. The largest absolute Gasteiger partial charge is 0.454 e. The Kier molecular flexibility index (Phi) is 3.75. The number of aromatic nitrogens is 4. The van der Waals surface area contributed by atoms with Crippen LogP contribution in [-0.2, 0) is 6.42 Å². The van der Waals surface area contributed by atoms with Gasteiger partial charge in [0.05, 0.1) is 0 Å². The summed E-state index contributed by atoms with van der Waals surface area (Å²) >= 11 is 5.99. The standard InChI is InChI=1S/C18H11ClN4O4/c19-12-3-1-2-11(6-12)18-22-21-16(26-18)8-15-20-17(23-27-15)10-4-5-13-14(7-10)25-9-24-13/h1-7H,8-9H2. The number of nitrogens with zero attached hydrogens (tertiary/aromatic N) is 4. The first-order valence-corrected chi connectivity index (χ1v) is 8.43. The van der Waals surface area contributed by atoms with Gasteiger partial charge < -0.3 is 18.4 Å². The predicted molar refractivity (Wildman–Crippen MR) is 93.4 cm³/mol. The van der Waals surface area contributed by atoms with Gasteiger partial charge in [-0.05, 0) is 36.4 Å². The lowest BCUT2D eigenvalue weighted by atomic mass is 10.2. The highest BCUT2D eigenvalue weighted by Gasteiger charge is 2.18. The molecule has 0 saturated heterocycles. The molecule has 3 heterocycles. The maximum absolute atomic E-state index is 5.99. The molecule has 27 heavy (non-hydrogen) atoms. The fourth-order valence-corrected chi connectivity index (χ4v) is 2.86. The normalized spacial score (nSPS) is 12.5. The predicted octanol–water partition coefficient (Wildman–Crippen LogP) is 3.76. The molecular weight excluding hydrogens is 372 g/mol. The van der Waals surface area contributed by atoms with E-state index >= 15 is 0 Å². The van der Waals surface area contributed by atoms with Crippen molar-refractivity contribution in [3.05, 3.63) is 59.3 Å². The van der Waals surface area contributed by atoms with Gasteiger partial charge in [0.1, 0.15) is 6.42 Å². The molecule has 1 aliphatic rings. The highest BCUT2D eigenvalue weighted by molar-refractivity contribution is 6.30. The molecular formula is C18H11ClN4O4. The minimum Gasteiger partial charge on any atom is -0.454 e. The van der Waals surface area contributed by atoms with Crippen LogP contribution in [0.4, 0.5) is 0 Å². The van der Waals surface area contributed by atoms with Crippen molar-refractivity contribution < 1.29 is 18.4 Å². The molecule has 1 aliphatic heterocycles. The number of benzene rings is 2. The summed E-state index contributed by atoms with van der Waals surface area (Å²) in [5, 5.41) is 12.6. The van der Waals surface area contributed by atoms with Crippen LogP contribution >= 0.6 is 11.6 Å². The summed E-state index contributed by atoms with van der Waals surface area (Å²) in [6.07, 6.45) is 0.227. The highest BCUT2D eigenvalue weighted by atomic mass is 35.5. The van der Waals surface area contributed by atoms with E-state index in [4.69, 9.17) is 30.0 Å². The van der Waals surface area contributed by atoms with E-state index in [0.717, 1.165) is 11.1 Å². The van der Waals surface area contributed by atoms with E-state index in [1.807, 2.05) is 24.3 Å². The zero-order valence-corrected chi connectivity index (χ0v) is 14.5. The third-order valence-corrected chi connectivity index (χ3v) is 4.17. The Labute approximate surface area is 157 Å². The van der Waals surface area contributed by atoms with Crippen molar-refractivity contribution in [1.82, 2.24) is 20.3 Å². The Hall–Kier alpha value is -3.39. The van der Waals surface area contributed by atoms with Crippen LogP contribution in [0.25, 0.3) is 22.8 Å².